The van der Waals surface area contributed by atoms with E-state index in [0.717, 1.165) is 18.0 Å². The molecule has 1 aromatic rings. The van der Waals surface area contributed by atoms with Gasteiger partial charge in [-0.2, -0.15) is 0 Å². The summed E-state index contributed by atoms with van der Waals surface area (Å²) in [4.78, 5) is 0. The van der Waals surface area contributed by atoms with E-state index < -0.39 is 0 Å². The van der Waals surface area contributed by atoms with Gasteiger partial charge in [-0.3, -0.25) is 0 Å². The van der Waals surface area contributed by atoms with Gasteiger partial charge >= 0.3 is 0 Å². The highest BCUT2D eigenvalue weighted by Crippen LogP contribution is 2.29. The van der Waals surface area contributed by atoms with Gasteiger partial charge in [0, 0.05) is 12.0 Å². The highest BCUT2D eigenvalue weighted by Gasteiger charge is 2.28. The first-order valence-corrected chi connectivity index (χ1v) is 7.06. The predicted octanol–water partition coefficient (Wildman–Crippen LogP) is 3.05. The number of hydrogen-bond donors (Lipinski definition) is 2. The molecule has 1 aliphatic heterocycles. The van der Waals surface area contributed by atoms with E-state index in [-0.39, 0.29) is 12.0 Å². The average molecular weight is 247 g/mol. The lowest BCUT2D eigenvalue weighted by Gasteiger charge is -2.35. The van der Waals surface area contributed by atoms with Crippen LogP contribution in [0.3, 0.4) is 0 Å². The molecule has 0 spiro atoms. The van der Waals surface area contributed by atoms with Crippen LogP contribution in [-0.4, -0.2) is 17.7 Å². The van der Waals surface area contributed by atoms with Crippen molar-refractivity contribution in [2.45, 2.75) is 45.8 Å². The summed E-state index contributed by atoms with van der Waals surface area (Å²) >= 11 is 0. The summed E-state index contributed by atoms with van der Waals surface area (Å²) in [5, 5.41) is 14.0. The Hall–Kier alpha value is -0.860. The largest absolute Gasteiger partial charge is 0.388 e. The van der Waals surface area contributed by atoms with Crippen molar-refractivity contribution < 1.29 is 5.11 Å². The second-order valence-electron chi connectivity index (χ2n) is 5.90. The van der Waals surface area contributed by atoms with Crippen molar-refractivity contribution in [3.05, 3.63) is 35.4 Å². The molecule has 2 nitrogen and oxygen atoms in total. The quantitative estimate of drug-likeness (QED) is 0.860. The van der Waals surface area contributed by atoms with Gasteiger partial charge in [0.05, 0.1) is 6.10 Å². The lowest BCUT2D eigenvalue weighted by molar-refractivity contribution is 0.0799. The molecule has 0 aromatic heterocycles. The Morgan fingerprint density at radius 2 is 1.94 bits per heavy atom. The van der Waals surface area contributed by atoms with E-state index in [9.17, 15) is 5.11 Å². The molecule has 4 unspecified atom stereocenters. The number of rotatable bonds is 3. The monoisotopic (exact) mass is 247 g/mol. The van der Waals surface area contributed by atoms with Crippen LogP contribution in [0, 0.1) is 18.8 Å². The number of benzene rings is 1. The molecule has 0 bridgehead atoms. The minimum absolute atomic E-state index is 0.260. The molecule has 1 heterocycles. The van der Waals surface area contributed by atoms with Crippen LogP contribution in [0.1, 0.15) is 43.9 Å². The van der Waals surface area contributed by atoms with Gasteiger partial charge in [0.1, 0.15) is 0 Å². The Morgan fingerprint density at radius 1 is 1.28 bits per heavy atom. The molecular formula is C16H25NO. The van der Waals surface area contributed by atoms with Crippen molar-refractivity contribution in [3.63, 3.8) is 0 Å². The zero-order chi connectivity index (χ0) is 13.1. The van der Waals surface area contributed by atoms with Crippen molar-refractivity contribution in [1.82, 2.24) is 5.32 Å². The molecule has 2 heteroatoms. The molecule has 1 aromatic carbocycles. The first-order chi connectivity index (χ1) is 8.58. The molecule has 2 rings (SSSR count). The second-order valence-corrected chi connectivity index (χ2v) is 5.90. The van der Waals surface area contributed by atoms with Crippen LogP contribution in [0.5, 0.6) is 0 Å². The Balaban J connectivity index is 2.03. The molecule has 1 fully saturated rings. The summed E-state index contributed by atoms with van der Waals surface area (Å²) in [6.45, 7) is 7.61. The summed E-state index contributed by atoms with van der Waals surface area (Å²) < 4.78 is 0. The van der Waals surface area contributed by atoms with Crippen LogP contribution in [0.2, 0.25) is 0 Å². The number of aliphatic hydroxyl groups excluding tert-OH is 1. The van der Waals surface area contributed by atoms with Crippen molar-refractivity contribution >= 4 is 0 Å². The SMILES string of the molecule is Cc1ccc(C(O)C(C)C2CC(C)CCN2)cc1. The van der Waals surface area contributed by atoms with E-state index in [1.165, 1.54) is 18.4 Å². The number of hydrogen-bond acceptors (Lipinski definition) is 2. The predicted molar refractivity (Wildman–Crippen MR) is 75.5 cm³/mol. The highest BCUT2D eigenvalue weighted by atomic mass is 16.3. The Bertz CT molecular complexity index is 373. The normalized spacial score (nSPS) is 27.8. The van der Waals surface area contributed by atoms with E-state index >= 15 is 0 Å². The van der Waals surface area contributed by atoms with Crippen LogP contribution >= 0.6 is 0 Å². The lowest BCUT2D eigenvalue weighted by atomic mass is 9.83. The van der Waals surface area contributed by atoms with Gasteiger partial charge in [0.25, 0.3) is 0 Å². The molecule has 0 amide bonds. The average Bonchev–Trinajstić information content (AvgIpc) is 2.38. The van der Waals surface area contributed by atoms with E-state index in [0.29, 0.717) is 6.04 Å². The zero-order valence-electron chi connectivity index (χ0n) is 11.7. The van der Waals surface area contributed by atoms with Crippen molar-refractivity contribution in [3.8, 4) is 0 Å². The molecule has 100 valence electrons. The first kappa shape index (κ1) is 13.6. The number of aryl methyl sites for hydroxylation is 1. The molecular weight excluding hydrogens is 222 g/mol. The van der Waals surface area contributed by atoms with Gasteiger partial charge in [-0.1, -0.05) is 43.7 Å². The lowest BCUT2D eigenvalue weighted by Crippen LogP contribution is -2.43. The molecule has 18 heavy (non-hydrogen) atoms. The Labute approximate surface area is 110 Å². The topological polar surface area (TPSA) is 32.3 Å². The molecule has 1 saturated heterocycles. The molecule has 0 radical (unpaired) electrons. The fraction of sp³-hybridized carbons (Fsp3) is 0.625. The third-order valence-electron chi connectivity index (χ3n) is 4.25. The summed E-state index contributed by atoms with van der Waals surface area (Å²) in [6, 6.07) is 8.67. The van der Waals surface area contributed by atoms with Crippen LogP contribution in [0.15, 0.2) is 24.3 Å². The molecule has 0 aliphatic carbocycles. The maximum Gasteiger partial charge on any atom is 0.0830 e. The molecule has 2 N–H and O–H groups in total. The van der Waals surface area contributed by atoms with E-state index in [1.807, 2.05) is 12.1 Å². The van der Waals surface area contributed by atoms with Gasteiger partial charge in [-0.25, -0.2) is 0 Å². The molecule has 1 aliphatic rings. The van der Waals surface area contributed by atoms with Crippen LogP contribution in [-0.2, 0) is 0 Å². The Kier molecular flexibility index (Phi) is 4.41. The fourth-order valence-electron chi connectivity index (χ4n) is 2.84. The summed E-state index contributed by atoms with van der Waals surface area (Å²) in [6.07, 6.45) is 2.06. The number of aliphatic hydroxyl groups is 1. The molecule has 4 atom stereocenters. The number of piperidine rings is 1. The zero-order valence-corrected chi connectivity index (χ0v) is 11.7. The minimum atomic E-state index is -0.367. The maximum absolute atomic E-state index is 10.5. The van der Waals surface area contributed by atoms with Crippen LogP contribution < -0.4 is 5.32 Å². The van der Waals surface area contributed by atoms with Crippen LogP contribution in [0.4, 0.5) is 0 Å². The summed E-state index contributed by atoms with van der Waals surface area (Å²) in [5.74, 6) is 1.03. The maximum atomic E-state index is 10.5. The van der Waals surface area contributed by atoms with Crippen molar-refractivity contribution in [2.24, 2.45) is 11.8 Å². The number of nitrogens with one attached hydrogen (secondary N) is 1. The van der Waals surface area contributed by atoms with E-state index in [2.05, 4.69) is 38.2 Å². The van der Waals surface area contributed by atoms with Crippen LogP contribution in [0.25, 0.3) is 0 Å². The summed E-state index contributed by atoms with van der Waals surface area (Å²) in [7, 11) is 0. The van der Waals surface area contributed by atoms with Gasteiger partial charge in [0.2, 0.25) is 0 Å². The first-order valence-electron chi connectivity index (χ1n) is 7.06. The van der Waals surface area contributed by atoms with Gasteiger partial charge in [0.15, 0.2) is 0 Å². The standard InChI is InChI=1S/C16H25NO/c1-11-4-6-14(7-5-11)16(18)13(3)15-10-12(2)8-9-17-15/h4-7,12-13,15-18H,8-10H2,1-3H3. The summed E-state index contributed by atoms with van der Waals surface area (Å²) in [5.41, 5.74) is 2.27. The van der Waals surface area contributed by atoms with E-state index in [4.69, 9.17) is 0 Å². The van der Waals surface area contributed by atoms with Gasteiger partial charge < -0.3 is 10.4 Å². The van der Waals surface area contributed by atoms with Crippen molar-refractivity contribution in [1.29, 1.82) is 0 Å². The van der Waals surface area contributed by atoms with Gasteiger partial charge in [-0.05, 0) is 37.8 Å². The van der Waals surface area contributed by atoms with Crippen molar-refractivity contribution in [2.75, 3.05) is 6.54 Å². The van der Waals surface area contributed by atoms with Gasteiger partial charge in [-0.15, -0.1) is 0 Å². The highest BCUT2D eigenvalue weighted by molar-refractivity contribution is 5.23. The Morgan fingerprint density at radius 3 is 2.56 bits per heavy atom. The molecule has 0 saturated carbocycles. The third kappa shape index (κ3) is 3.12. The fourth-order valence-corrected chi connectivity index (χ4v) is 2.84. The minimum Gasteiger partial charge on any atom is -0.388 e. The second kappa shape index (κ2) is 5.85. The smallest absolute Gasteiger partial charge is 0.0830 e. The third-order valence-corrected chi connectivity index (χ3v) is 4.25. The van der Waals surface area contributed by atoms with E-state index in [1.54, 1.807) is 0 Å².